The summed E-state index contributed by atoms with van der Waals surface area (Å²) in [6.07, 6.45) is 1.67. The molecule has 0 rings (SSSR count). The van der Waals surface area contributed by atoms with Crippen LogP contribution in [0.15, 0.2) is 12.7 Å². The van der Waals surface area contributed by atoms with Crippen LogP contribution in [0.2, 0.25) is 0 Å². The molecule has 0 aliphatic carbocycles. The zero-order chi connectivity index (χ0) is 10.6. The maximum absolute atomic E-state index is 10.6. The Hall–Kier alpha value is -0.320. The summed E-state index contributed by atoms with van der Waals surface area (Å²) in [7, 11) is -0.661. The molecule has 0 amide bonds. The van der Waals surface area contributed by atoms with Gasteiger partial charge in [0.2, 0.25) is 0 Å². The van der Waals surface area contributed by atoms with Crippen molar-refractivity contribution in [2.45, 2.75) is 0 Å². The van der Waals surface area contributed by atoms with E-state index in [0.29, 0.717) is 26.4 Å². The van der Waals surface area contributed by atoms with Crippen LogP contribution in [0.3, 0.4) is 0 Å². The molecule has 0 fully saturated rings. The molecule has 0 bridgehead atoms. The maximum Gasteiger partial charge on any atom is 0.697 e. The quantitative estimate of drug-likeness (QED) is 0.319. The summed E-state index contributed by atoms with van der Waals surface area (Å²) >= 11 is 0. The topological polar surface area (TPSA) is 54.0 Å². The molecule has 0 aromatic carbocycles. The second-order valence-corrected chi connectivity index (χ2v) is 3.29. The van der Waals surface area contributed by atoms with Crippen molar-refractivity contribution in [3.8, 4) is 0 Å². The molecule has 1 atom stereocenters. The largest absolute Gasteiger partial charge is 0.697 e. The van der Waals surface area contributed by atoms with E-state index in [0.717, 1.165) is 0 Å². The SMILES string of the molecule is C=CCOCCOCCO[P+](=O)OC. The first-order valence-corrected chi connectivity index (χ1v) is 5.31. The lowest BCUT2D eigenvalue weighted by atomic mass is 10.7. The standard InChI is InChI=1S/C8H16O5P/c1-3-4-11-5-6-12-7-8-13-14(9)10-2/h3H,1,4-8H2,2H3/q+1. The van der Waals surface area contributed by atoms with Gasteiger partial charge in [0, 0.05) is 4.57 Å². The Kier molecular flexibility index (Phi) is 10.5. The molecule has 0 radical (unpaired) electrons. The van der Waals surface area contributed by atoms with Crippen molar-refractivity contribution in [1.29, 1.82) is 0 Å². The van der Waals surface area contributed by atoms with Crippen LogP contribution in [0.25, 0.3) is 0 Å². The van der Waals surface area contributed by atoms with E-state index >= 15 is 0 Å². The molecule has 5 nitrogen and oxygen atoms in total. The summed E-state index contributed by atoms with van der Waals surface area (Å²) in [5.74, 6) is 0. The van der Waals surface area contributed by atoms with E-state index in [-0.39, 0.29) is 6.61 Å². The minimum atomic E-state index is -1.98. The normalized spacial score (nSPS) is 11.4. The second-order valence-electron chi connectivity index (χ2n) is 2.22. The van der Waals surface area contributed by atoms with Gasteiger partial charge in [-0.2, -0.15) is 0 Å². The fourth-order valence-electron chi connectivity index (χ4n) is 0.610. The van der Waals surface area contributed by atoms with Gasteiger partial charge in [0.1, 0.15) is 6.61 Å². The highest BCUT2D eigenvalue weighted by atomic mass is 31.1. The van der Waals surface area contributed by atoms with Gasteiger partial charge in [-0.1, -0.05) is 6.08 Å². The van der Waals surface area contributed by atoms with Gasteiger partial charge < -0.3 is 9.47 Å². The molecule has 0 aromatic rings. The lowest BCUT2D eigenvalue weighted by Gasteiger charge is -2.01. The average Bonchev–Trinajstić information content (AvgIpc) is 2.21. The molecule has 0 N–H and O–H groups in total. The first kappa shape index (κ1) is 13.7. The molecule has 82 valence electrons. The number of rotatable bonds is 10. The molecule has 0 spiro atoms. The highest BCUT2D eigenvalue weighted by molar-refractivity contribution is 7.33. The molecule has 14 heavy (non-hydrogen) atoms. The van der Waals surface area contributed by atoms with Crippen molar-refractivity contribution < 1.29 is 23.1 Å². The average molecular weight is 223 g/mol. The Morgan fingerprint density at radius 1 is 1.21 bits per heavy atom. The molecule has 0 saturated heterocycles. The predicted octanol–water partition coefficient (Wildman–Crippen LogP) is 1.53. The van der Waals surface area contributed by atoms with Gasteiger partial charge in [0.15, 0.2) is 0 Å². The molecule has 0 aliphatic heterocycles. The summed E-state index contributed by atoms with van der Waals surface area (Å²) in [4.78, 5) is 0. The number of ether oxygens (including phenoxy) is 2. The van der Waals surface area contributed by atoms with Gasteiger partial charge >= 0.3 is 8.25 Å². The molecule has 0 heterocycles. The van der Waals surface area contributed by atoms with Crippen molar-refractivity contribution in [3.05, 3.63) is 12.7 Å². The zero-order valence-electron chi connectivity index (χ0n) is 8.31. The number of hydrogen-bond acceptors (Lipinski definition) is 5. The van der Waals surface area contributed by atoms with E-state index in [1.54, 1.807) is 6.08 Å². The van der Waals surface area contributed by atoms with Crippen LogP contribution in [0.4, 0.5) is 0 Å². The molecule has 1 unspecified atom stereocenters. The van der Waals surface area contributed by atoms with Crippen molar-refractivity contribution in [3.63, 3.8) is 0 Å². The van der Waals surface area contributed by atoms with Gasteiger partial charge in [-0.15, -0.1) is 15.6 Å². The Bertz CT molecular complexity index is 162. The number of hydrogen-bond donors (Lipinski definition) is 0. The van der Waals surface area contributed by atoms with Gasteiger partial charge in [-0.25, -0.2) is 0 Å². The summed E-state index contributed by atoms with van der Waals surface area (Å²) in [5, 5.41) is 0. The van der Waals surface area contributed by atoms with Crippen LogP contribution < -0.4 is 0 Å². The second kappa shape index (κ2) is 10.8. The summed E-state index contributed by atoms with van der Waals surface area (Å²) in [5.41, 5.74) is 0. The lowest BCUT2D eigenvalue weighted by molar-refractivity contribution is 0.0440. The van der Waals surface area contributed by atoms with E-state index in [1.165, 1.54) is 7.11 Å². The monoisotopic (exact) mass is 223 g/mol. The molecular weight excluding hydrogens is 207 g/mol. The van der Waals surface area contributed by atoms with E-state index in [2.05, 4.69) is 11.1 Å². The Morgan fingerprint density at radius 2 is 1.86 bits per heavy atom. The van der Waals surface area contributed by atoms with Gasteiger partial charge in [0.25, 0.3) is 0 Å². The minimum Gasteiger partial charge on any atom is -0.376 e. The summed E-state index contributed by atoms with van der Waals surface area (Å²) in [6.45, 7) is 5.66. The van der Waals surface area contributed by atoms with Crippen LogP contribution in [-0.2, 0) is 23.1 Å². The predicted molar refractivity (Wildman–Crippen MR) is 52.4 cm³/mol. The van der Waals surface area contributed by atoms with Crippen LogP contribution >= 0.6 is 8.25 Å². The molecular formula is C8H16O5P+. The minimum absolute atomic E-state index is 0.254. The highest BCUT2D eigenvalue weighted by Gasteiger charge is 2.15. The first-order valence-electron chi connectivity index (χ1n) is 4.22. The van der Waals surface area contributed by atoms with Crippen LogP contribution in [0, 0.1) is 0 Å². The molecule has 0 saturated carbocycles. The maximum atomic E-state index is 10.6. The summed E-state index contributed by atoms with van der Waals surface area (Å²) in [6, 6.07) is 0. The zero-order valence-corrected chi connectivity index (χ0v) is 9.20. The van der Waals surface area contributed by atoms with Crippen molar-refractivity contribution in [2.24, 2.45) is 0 Å². The van der Waals surface area contributed by atoms with E-state index in [1.807, 2.05) is 0 Å². The molecule has 0 aliphatic rings. The Balaban J connectivity index is 2.98. The van der Waals surface area contributed by atoms with Gasteiger partial charge in [-0.05, 0) is 0 Å². The third-order valence-electron chi connectivity index (χ3n) is 1.18. The fourth-order valence-corrected chi connectivity index (χ4v) is 0.939. The third kappa shape index (κ3) is 9.77. The summed E-state index contributed by atoms with van der Waals surface area (Å²) < 4.78 is 29.9. The first-order chi connectivity index (χ1) is 6.81. The van der Waals surface area contributed by atoms with Crippen molar-refractivity contribution >= 4 is 8.25 Å². The van der Waals surface area contributed by atoms with Gasteiger partial charge in [-0.3, -0.25) is 0 Å². The van der Waals surface area contributed by atoms with Crippen LogP contribution in [0.5, 0.6) is 0 Å². The lowest BCUT2D eigenvalue weighted by Crippen LogP contribution is -2.07. The fraction of sp³-hybridized carbons (Fsp3) is 0.750. The third-order valence-corrected chi connectivity index (χ3v) is 1.87. The van der Waals surface area contributed by atoms with Crippen molar-refractivity contribution in [2.75, 3.05) is 40.1 Å². The van der Waals surface area contributed by atoms with Crippen molar-refractivity contribution in [1.82, 2.24) is 0 Å². The highest BCUT2D eigenvalue weighted by Crippen LogP contribution is 2.20. The molecule has 6 heteroatoms. The van der Waals surface area contributed by atoms with Crippen LogP contribution in [-0.4, -0.2) is 40.1 Å². The van der Waals surface area contributed by atoms with E-state index in [4.69, 9.17) is 14.0 Å². The van der Waals surface area contributed by atoms with Gasteiger partial charge in [0.05, 0.1) is 33.5 Å². The Labute approximate surface area is 84.9 Å². The van der Waals surface area contributed by atoms with E-state index in [9.17, 15) is 4.57 Å². The molecule has 0 aromatic heterocycles. The van der Waals surface area contributed by atoms with Crippen LogP contribution in [0.1, 0.15) is 0 Å². The van der Waals surface area contributed by atoms with E-state index < -0.39 is 8.25 Å². The smallest absolute Gasteiger partial charge is 0.376 e. The Morgan fingerprint density at radius 3 is 2.50 bits per heavy atom.